The van der Waals surface area contributed by atoms with Crippen LogP contribution in [0.1, 0.15) is 65.9 Å². The summed E-state index contributed by atoms with van der Waals surface area (Å²) in [5.74, 6) is 2.04. The number of amides is 1. The van der Waals surface area contributed by atoms with Crippen molar-refractivity contribution in [1.29, 1.82) is 0 Å². The summed E-state index contributed by atoms with van der Waals surface area (Å²) in [7, 11) is 1.67. The summed E-state index contributed by atoms with van der Waals surface area (Å²) >= 11 is 0. The van der Waals surface area contributed by atoms with Crippen LogP contribution in [0.3, 0.4) is 0 Å². The quantitative estimate of drug-likeness (QED) is 0.194. The minimum atomic E-state index is -1.06. The minimum Gasteiger partial charge on any atom is -0.497 e. The molecule has 3 heterocycles. The van der Waals surface area contributed by atoms with Crippen LogP contribution in [-0.4, -0.2) is 43.3 Å². The Hall–Kier alpha value is -4.63. The van der Waals surface area contributed by atoms with E-state index in [0.29, 0.717) is 25.2 Å². The van der Waals surface area contributed by atoms with Crippen LogP contribution in [0.5, 0.6) is 5.75 Å². The highest BCUT2D eigenvalue weighted by molar-refractivity contribution is 5.86. The largest absolute Gasteiger partial charge is 0.497 e. The van der Waals surface area contributed by atoms with Gasteiger partial charge in [0, 0.05) is 41.8 Å². The van der Waals surface area contributed by atoms with Crippen LogP contribution in [-0.2, 0) is 30.6 Å². The summed E-state index contributed by atoms with van der Waals surface area (Å²) in [6.45, 7) is 3.94. The number of carbonyl (C=O) groups is 1. The fraction of sp³-hybridized carbons (Fsp3) is 0.303. The maximum Gasteiger partial charge on any atom is 0.240 e. The van der Waals surface area contributed by atoms with Gasteiger partial charge < -0.3 is 30.3 Å². The number of nitrogens with zero attached hydrogens (tertiary/aromatic N) is 3. The van der Waals surface area contributed by atoms with Crippen molar-refractivity contribution >= 4 is 22.9 Å². The Morgan fingerprint density at radius 2 is 1.95 bits per heavy atom. The Morgan fingerprint density at radius 3 is 2.79 bits per heavy atom. The van der Waals surface area contributed by atoms with Crippen LogP contribution >= 0.6 is 0 Å². The molecule has 0 saturated carbocycles. The van der Waals surface area contributed by atoms with E-state index in [1.165, 1.54) is 11.1 Å². The van der Waals surface area contributed by atoms with Crippen LogP contribution < -0.4 is 15.8 Å². The lowest BCUT2D eigenvalue weighted by Gasteiger charge is -2.25. The number of nitrogens with two attached hydrogens (primary N) is 1. The molecule has 2 aromatic carbocycles. The zero-order valence-electron chi connectivity index (χ0n) is 24.3. The fourth-order valence-corrected chi connectivity index (χ4v) is 5.65. The maximum atomic E-state index is 13.3. The molecule has 9 heteroatoms. The molecule has 9 nitrogen and oxygen atoms in total. The molecule has 5 aromatic rings. The smallest absolute Gasteiger partial charge is 0.240 e. The number of hydrogen-bond donors (Lipinski definition) is 4. The van der Waals surface area contributed by atoms with Crippen molar-refractivity contribution in [1.82, 2.24) is 30.0 Å². The van der Waals surface area contributed by atoms with Crippen molar-refractivity contribution < 1.29 is 9.53 Å². The second-order valence-corrected chi connectivity index (χ2v) is 11.5. The minimum absolute atomic E-state index is 0.253. The number of para-hydroxylation sites is 1. The second-order valence-electron chi connectivity index (χ2n) is 11.5. The van der Waals surface area contributed by atoms with Gasteiger partial charge in [-0.25, -0.2) is 0 Å². The lowest BCUT2D eigenvalue weighted by molar-refractivity contribution is -0.126. The molecule has 3 aromatic heterocycles. The van der Waals surface area contributed by atoms with Crippen molar-refractivity contribution in [2.75, 3.05) is 7.11 Å². The van der Waals surface area contributed by atoms with Crippen LogP contribution in [0.4, 0.5) is 0 Å². The molecule has 0 unspecified atom stereocenters. The van der Waals surface area contributed by atoms with Crippen LogP contribution in [0, 0.1) is 0 Å². The van der Waals surface area contributed by atoms with Crippen molar-refractivity contribution in [3.63, 3.8) is 0 Å². The lowest BCUT2D eigenvalue weighted by atomic mass is 9.98. The first-order valence-electron chi connectivity index (χ1n) is 14.4. The molecule has 6 rings (SSSR count). The molecule has 0 aliphatic heterocycles. The van der Waals surface area contributed by atoms with E-state index < -0.39 is 11.6 Å². The number of ether oxygens (including phenoxy) is 1. The molecule has 5 N–H and O–H groups in total. The molecular formula is C33H37N7O2. The normalized spacial score (nSPS) is 13.7. The van der Waals surface area contributed by atoms with E-state index in [1.54, 1.807) is 21.0 Å². The zero-order valence-corrected chi connectivity index (χ0v) is 24.3. The predicted molar refractivity (Wildman–Crippen MR) is 164 cm³/mol. The molecule has 216 valence electrons. The number of aromatic nitrogens is 5. The topological polar surface area (TPSA) is 127 Å². The summed E-state index contributed by atoms with van der Waals surface area (Å²) < 4.78 is 7.64. The first kappa shape index (κ1) is 27.5. The van der Waals surface area contributed by atoms with Crippen molar-refractivity contribution in [2.45, 2.75) is 57.7 Å². The Morgan fingerprint density at radius 1 is 1.12 bits per heavy atom. The number of H-pyrrole nitrogens is 2. The number of hydrogen-bond acceptors (Lipinski definition) is 5. The number of methoxy groups -OCH3 is 1. The standard InChI is InChI=1S/C33H37N7O2/c1-33(2,34)32(41)37-29(16-22-18-35-27-13-6-4-11-25(22)27)31-39-38-30(17-23-19-36-28-14-7-5-12-26(23)28)40(31)20-21-9-8-10-24(15-21)42-3/h4,6-11,13-15,18-19,29,35-36H,5,12,16-17,20,34H2,1-3H3,(H,37,41)/t29-/m1/s1. The van der Waals surface area contributed by atoms with E-state index in [-0.39, 0.29) is 5.91 Å². The van der Waals surface area contributed by atoms with Gasteiger partial charge in [0.25, 0.3) is 0 Å². The molecule has 0 bridgehead atoms. The third kappa shape index (κ3) is 5.60. The molecule has 1 aliphatic rings. The van der Waals surface area contributed by atoms with Gasteiger partial charge in [-0.3, -0.25) is 4.79 Å². The van der Waals surface area contributed by atoms with Crippen LogP contribution in [0.15, 0.2) is 67.0 Å². The van der Waals surface area contributed by atoms with E-state index in [2.05, 4.69) is 50.3 Å². The molecule has 1 aliphatic carbocycles. The molecular weight excluding hydrogens is 526 g/mol. The fourth-order valence-electron chi connectivity index (χ4n) is 5.65. The average molecular weight is 564 g/mol. The first-order valence-corrected chi connectivity index (χ1v) is 14.4. The number of carbonyl (C=O) groups excluding carboxylic acids is 1. The highest BCUT2D eigenvalue weighted by Crippen LogP contribution is 2.28. The number of allylic oxidation sites excluding steroid dienone is 1. The summed E-state index contributed by atoms with van der Waals surface area (Å²) in [5, 5.41) is 13.8. The first-order chi connectivity index (χ1) is 20.3. The van der Waals surface area contributed by atoms with Crippen molar-refractivity contribution in [2.24, 2.45) is 5.73 Å². The van der Waals surface area contributed by atoms with E-state index in [4.69, 9.17) is 20.7 Å². The Balaban J connectivity index is 1.43. The zero-order chi connectivity index (χ0) is 29.3. The second kappa shape index (κ2) is 11.3. The summed E-state index contributed by atoms with van der Waals surface area (Å²) in [5.41, 5.74) is 12.0. The highest BCUT2D eigenvalue weighted by Gasteiger charge is 2.30. The molecule has 42 heavy (non-hydrogen) atoms. The summed E-state index contributed by atoms with van der Waals surface area (Å²) in [6.07, 6.45) is 11.6. The number of rotatable bonds is 10. The Kier molecular flexibility index (Phi) is 7.43. The number of fused-ring (bicyclic) bond motifs is 2. The Labute approximate surface area is 245 Å². The van der Waals surface area contributed by atoms with E-state index in [9.17, 15) is 4.79 Å². The van der Waals surface area contributed by atoms with Crippen LogP contribution in [0.2, 0.25) is 0 Å². The molecule has 0 spiro atoms. The SMILES string of the molecule is COc1cccc(Cn2c(Cc3c[nH]c4c3CCC=C4)nnc2[C@@H](Cc2c[nH]c3ccccc23)NC(=O)C(C)(C)N)c1. The average Bonchev–Trinajstić information content (AvgIpc) is 3.70. The van der Waals surface area contributed by atoms with Crippen LogP contribution in [0.25, 0.3) is 17.0 Å². The monoisotopic (exact) mass is 563 g/mol. The highest BCUT2D eigenvalue weighted by atomic mass is 16.5. The van der Waals surface area contributed by atoms with E-state index in [0.717, 1.165) is 52.1 Å². The van der Waals surface area contributed by atoms with Gasteiger partial charge in [-0.1, -0.05) is 36.4 Å². The van der Waals surface area contributed by atoms with Gasteiger partial charge in [0.2, 0.25) is 5.91 Å². The molecule has 0 fully saturated rings. The number of benzene rings is 2. The maximum absolute atomic E-state index is 13.3. The van der Waals surface area contributed by atoms with Gasteiger partial charge in [0.1, 0.15) is 11.6 Å². The molecule has 1 atom stereocenters. The van der Waals surface area contributed by atoms with Gasteiger partial charge in [0.05, 0.1) is 25.2 Å². The van der Waals surface area contributed by atoms with Crippen molar-refractivity contribution in [3.8, 4) is 5.75 Å². The molecule has 1 amide bonds. The van der Waals surface area contributed by atoms with E-state index in [1.807, 2.05) is 42.6 Å². The van der Waals surface area contributed by atoms with Crippen molar-refractivity contribution in [3.05, 3.63) is 107 Å². The third-order valence-corrected chi connectivity index (χ3v) is 7.94. The van der Waals surface area contributed by atoms with Gasteiger partial charge in [-0.2, -0.15) is 0 Å². The predicted octanol–water partition coefficient (Wildman–Crippen LogP) is 4.83. The number of aromatic amines is 2. The van der Waals surface area contributed by atoms with Gasteiger partial charge in [-0.15, -0.1) is 10.2 Å². The van der Waals surface area contributed by atoms with Gasteiger partial charge in [-0.05, 0) is 73.2 Å². The van der Waals surface area contributed by atoms with Gasteiger partial charge >= 0.3 is 0 Å². The van der Waals surface area contributed by atoms with Gasteiger partial charge in [0.15, 0.2) is 5.82 Å². The third-order valence-electron chi connectivity index (χ3n) is 7.94. The van der Waals surface area contributed by atoms with E-state index >= 15 is 0 Å². The number of nitrogens with one attached hydrogen (secondary N) is 3. The molecule has 0 radical (unpaired) electrons. The Bertz CT molecular complexity index is 1750. The molecule has 0 saturated heterocycles. The lowest BCUT2D eigenvalue weighted by Crippen LogP contribution is -2.50. The summed E-state index contributed by atoms with van der Waals surface area (Å²) in [6, 6.07) is 15.7. The summed E-state index contributed by atoms with van der Waals surface area (Å²) in [4.78, 5) is 20.1.